The van der Waals surface area contributed by atoms with Crippen molar-refractivity contribution in [2.45, 2.75) is 6.54 Å². The van der Waals surface area contributed by atoms with Crippen molar-refractivity contribution in [3.63, 3.8) is 0 Å². The van der Waals surface area contributed by atoms with Gasteiger partial charge in [0, 0.05) is 0 Å². The average molecular weight is 206 g/mol. The highest BCUT2D eigenvalue weighted by Crippen LogP contribution is 2.07. The van der Waals surface area contributed by atoms with Crippen molar-refractivity contribution in [3.8, 4) is 5.75 Å². The van der Waals surface area contributed by atoms with E-state index in [4.69, 9.17) is 4.74 Å². The third-order valence-corrected chi connectivity index (χ3v) is 2.56. The molecule has 0 aliphatic rings. The quantitative estimate of drug-likeness (QED) is 0.698. The number of para-hydroxylation sites is 1. The second kappa shape index (κ2) is 4.77. The van der Waals surface area contributed by atoms with Gasteiger partial charge >= 0.3 is 0 Å². The molecule has 0 fully saturated rings. The maximum absolute atomic E-state index is 5.56. The van der Waals surface area contributed by atoms with Crippen LogP contribution in [0.3, 0.4) is 0 Å². The van der Waals surface area contributed by atoms with Gasteiger partial charge in [0.25, 0.3) is 0 Å². The molecule has 0 atom stereocenters. The Morgan fingerprint density at radius 2 is 2.07 bits per heavy atom. The van der Waals surface area contributed by atoms with E-state index in [0.29, 0.717) is 6.61 Å². The summed E-state index contributed by atoms with van der Waals surface area (Å²) in [6, 6.07) is 9.89. The Kier molecular flexibility index (Phi) is 3.14. The van der Waals surface area contributed by atoms with Gasteiger partial charge in [-0.15, -0.1) is 0 Å². The summed E-state index contributed by atoms with van der Waals surface area (Å²) in [5.74, 6) is 0.934. The molecule has 0 saturated carbocycles. The van der Waals surface area contributed by atoms with Gasteiger partial charge in [-0.25, -0.2) is 0 Å². The van der Waals surface area contributed by atoms with Crippen LogP contribution in [0.5, 0.6) is 5.75 Å². The lowest BCUT2D eigenvalue weighted by Crippen LogP contribution is -2.33. The molecule has 1 aromatic heterocycles. The second-order valence-corrected chi connectivity index (χ2v) is 3.68. The molecule has 72 valence electrons. The van der Waals surface area contributed by atoms with E-state index in [9.17, 15) is 0 Å². The summed E-state index contributed by atoms with van der Waals surface area (Å²) in [7, 11) is 0. The molecule has 14 heavy (non-hydrogen) atoms. The first-order valence-corrected chi connectivity index (χ1v) is 5.48. The van der Waals surface area contributed by atoms with Crippen molar-refractivity contribution in [2.24, 2.45) is 0 Å². The van der Waals surface area contributed by atoms with Gasteiger partial charge in [-0.3, -0.25) is 0 Å². The molecule has 0 aliphatic carbocycles. The molecule has 0 bridgehead atoms. The van der Waals surface area contributed by atoms with Gasteiger partial charge < -0.3 is 4.74 Å². The first-order valence-electron chi connectivity index (χ1n) is 4.54. The molecule has 0 amide bonds. The Labute approximate surface area is 87.4 Å². The van der Waals surface area contributed by atoms with E-state index >= 15 is 0 Å². The lowest BCUT2D eigenvalue weighted by atomic mass is 10.3. The Balaban J connectivity index is 1.79. The van der Waals surface area contributed by atoms with Gasteiger partial charge in [0.1, 0.15) is 12.4 Å². The fourth-order valence-electron chi connectivity index (χ4n) is 1.17. The molecule has 0 aliphatic heterocycles. The van der Waals surface area contributed by atoms with Crippen LogP contribution in [0, 0.1) is 0 Å². The zero-order valence-electron chi connectivity index (χ0n) is 7.80. The molecule has 3 heteroatoms. The highest BCUT2D eigenvalue weighted by atomic mass is 32.1. The molecule has 0 saturated heterocycles. The highest BCUT2D eigenvalue weighted by Gasteiger charge is 1.99. The fourth-order valence-corrected chi connectivity index (χ4v) is 1.80. The predicted molar refractivity (Wildman–Crippen MR) is 56.5 cm³/mol. The van der Waals surface area contributed by atoms with Crippen molar-refractivity contribution in [3.05, 3.63) is 47.4 Å². The van der Waals surface area contributed by atoms with Crippen molar-refractivity contribution < 1.29 is 9.30 Å². The SMILES string of the molecule is c1ccc(OCC[n+]2ccsc2)cc1. The van der Waals surface area contributed by atoms with E-state index in [0.717, 1.165) is 12.3 Å². The standard InChI is InChI=1S/C11H12NOS/c1-2-4-11(5-3-1)13-8-6-12-7-9-14-10-12/h1-5,7,9-10H,6,8H2/q+1. The number of hydrogen-bond donors (Lipinski definition) is 0. The van der Waals surface area contributed by atoms with Crippen LogP contribution in [-0.4, -0.2) is 6.61 Å². The zero-order valence-corrected chi connectivity index (χ0v) is 8.61. The van der Waals surface area contributed by atoms with Crippen LogP contribution in [0.2, 0.25) is 0 Å². The molecule has 2 rings (SSSR count). The molecule has 2 nitrogen and oxygen atoms in total. The number of benzene rings is 1. The minimum absolute atomic E-state index is 0.714. The normalized spacial score (nSPS) is 10.0. The maximum Gasteiger partial charge on any atom is 0.224 e. The number of ether oxygens (including phenoxy) is 1. The first-order chi connectivity index (χ1) is 6.95. The van der Waals surface area contributed by atoms with Gasteiger partial charge in [-0.1, -0.05) is 29.5 Å². The molecule has 0 N–H and O–H groups in total. The van der Waals surface area contributed by atoms with Gasteiger partial charge in [0.15, 0.2) is 12.7 Å². The molecular weight excluding hydrogens is 194 g/mol. The number of nitrogens with zero attached hydrogens (tertiary/aromatic N) is 1. The fraction of sp³-hybridized carbons (Fsp3) is 0.182. The topological polar surface area (TPSA) is 13.1 Å². The third-order valence-electron chi connectivity index (χ3n) is 1.89. The van der Waals surface area contributed by atoms with Gasteiger partial charge in [0.2, 0.25) is 5.51 Å². The van der Waals surface area contributed by atoms with Crippen LogP contribution in [0.1, 0.15) is 0 Å². The molecule has 0 unspecified atom stereocenters. The molecule has 1 aromatic carbocycles. The van der Waals surface area contributed by atoms with Gasteiger partial charge in [-0.05, 0) is 12.1 Å². The molecule has 1 heterocycles. The summed E-state index contributed by atoms with van der Waals surface area (Å²) < 4.78 is 7.68. The highest BCUT2D eigenvalue weighted by molar-refractivity contribution is 7.07. The second-order valence-electron chi connectivity index (χ2n) is 2.93. The van der Waals surface area contributed by atoms with Crippen molar-refractivity contribution in [1.82, 2.24) is 0 Å². The van der Waals surface area contributed by atoms with E-state index in [-0.39, 0.29) is 0 Å². The van der Waals surface area contributed by atoms with Gasteiger partial charge in [-0.2, -0.15) is 4.57 Å². The van der Waals surface area contributed by atoms with Crippen molar-refractivity contribution >= 4 is 11.3 Å². The van der Waals surface area contributed by atoms with Crippen molar-refractivity contribution in [1.29, 1.82) is 0 Å². The number of hydrogen-bond acceptors (Lipinski definition) is 2. The Hall–Kier alpha value is -1.35. The predicted octanol–water partition coefficient (Wildman–Crippen LogP) is 2.11. The summed E-state index contributed by atoms with van der Waals surface area (Å²) in [6.07, 6.45) is 2.05. The molecular formula is C11H12NOS+. The van der Waals surface area contributed by atoms with Crippen LogP contribution in [0.15, 0.2) is 47.4 Å². The summed E-state index contributed by atoms with van der Waals surface area (Å²) in [5, 5.41) is 2.06. The Morgan fingerprint density at radius 3 is 2.79 bits per heavy atom. The Morgan fingerprint density at radius 1 is 1.21 bits per heavy atom. The van der Waals surface area contributed by atoms with E-state index in [2.05, 4.69) is 21.7 Å². The minimum atomic E-state index is 0.714. The first kappa shape index (κ1) is 9.21. The largest absolute Gasteiger partial charge is 0.487 e. The molecule has 0 radical (unpaired) electrons. The number of thiazole rings is 1. The van der Waals surface area contributed by atoms with E-state index in [1.165, 1.54) is 0 Å². The van der Waals surface area contributed by atoms with Crippen LogP contribution >= 0.6 is 11.3 Å². The van der Waals surface area contributed by atoms with E-state index < -0.39 is 0 Å². The minimum Gasteiger partial charge on any atom is -0.487 e. The summed E-state index contributed by atoms with van der Waals surface area (Å²) >= 11 is 1.69. The van der Waals surface area contributed by atoms with Crippen LogP contribution in [-0.2, 0) is 6.54 Å². The van der Waals surface area contributed by atoms with Crippen LogP contribution < -0.4 is 9.30 Å². The lowest BCUT2D eigenvalue weighted by Gasteiger charge is -2.01. The van der Waals surface area contributed by atoms with E-state index in [1.54, 1.807) is 11.3 Å². The molecule has 2 aromatic rings. The average Bonchev–Trinajstić information content (AvgIpc) is 2.72. The number of aromatic nitrogens is 1. The van der Waals surface area contributed by atoms with E-state index in [1.807, 2.05) is 30.3 Å². The molecule has 0 spiro atoms. The summed E-state index contributed by atoms with van der Waals surface area (Å²) in [6.45, 7) is 1.61. The third kappa shape index (κ3) is 2.57. The van der Waals surface area contributed by atoms with Crippen LogP contribution in [0.4, 0.5) is 0 Å². The smallest absolute Gasteiger partial charge is 0.224 e. The monoisotopic (exact) mass is 206 g/mol. The maximum atomic E-state index is 5.56. The summed E-state index contributed by atoms with van der Waals surface area (Å²) in [5.41, 5.74) is 2.08. The van der Waals surface area contributed by atoms with Crippen molar-refractivity contribution in [2.75, 3.05) is 6.61 Å². The zero-order chi connectivity index (χ0) is 9.64. The Bertz CT molecular complexity index is 358. The lowest BCUT2D eigenvalue weighted by molar-refractivity contribution is -0.692. The van der Waals surface area contributed by atoms with Gasteiger partial charge in [0.05, 0.1) is 5.38 Å². The number of rotatable bonds is 4. The van der Waals surface area contributed by atoms with Crippen LogP contribution in [0.25, 0.3) is 0 Å². The summed E-state index contributed by atoms with van der Waals surface area (Å²) in [4.78, 5) is 0.